The van der Waals surface area contributed by atoms with Crippen LogP contribution >= 0.6 is 12.2 Å². The van der Waals surface area contributed by atoms with Crippen molar-refractivity contribution >= 4 is 41.0 Å². The van der Waals surface area contributed by atoms with Gasteiger partial charge in [0.2, 0.25) is 11.8 Å². The molecule has 1 fully saturated rings. The van der Waals surface area contributed by atoms with E-state index in [1.165, 1.54) is 11.8 Å². The molecule has 0 aromatic rings. The lowest BCUT2D eigenvalue weighted by Gasteiger charge is -2.39. The molecular formula is C27H48N4O6S. The van der Waals surface area contributed by atoms with Gasteiger partial charge in [0.05, 0.1) is 6.04 Å². The zero-order valence-corrected chi connectivity index (χ0v) is 25.0. The first-order chi connectivity index (χ1) is 17.8. The number of likely N-dealkylation sites (N-methyl/N-ethyl adjacent to an activating group) is 1. The molecule has 1 aliphatic heterocycles. The van der Waals surface area contributed by atoms with Gasteiger partial charge in [0, 0.05) is 25.8 Å². The van der Waals surface area contributed by atoms with Crippen LogP contribution in [0.15, 0.2) is 0 Å². The predicted octanol–water partition coefficient (Wildman–Crippen LogP) is 2.76. The first-order valence-electron chi connectivity index (χ1n) is 13.8. The molecule has 0 aromatic carbocycles. The van der Waals surface area contributed by atoms with Crippen LogP contribution in [0.2, 0.25) is 0 Å². The molecule has 10 nitrogen and oxygen atoms in total. The molecule has 11 heteroatoms. The molecular weight excluding hydrogens is 508 g/mol. The highest BCUT2D eigenvalue weighted by Crippen LogP contribution is 2.23. The summed E-state index contributed by atoms with van der Waals surface area (Å²) in [7, 11) is 1.92. The van der Waals surface area contributed by atoms with Gasteiger partial charge in [-0.15, -0.1) is 0 Å². The number of amides is 2. The van der Waals surface area contributed by atoms with Crippen molar-refractivity contribution in [3.8, 4) is 0 Å². The van der Waals surface area contributed by atoms with Gasteiger partial charge in [-0.05, 0) is 44.7 Å². The number of carbonyl (C=O) groups is 4. The van der Waals surface area contributed by atoms with E-state index in [-0.39, 0.29) is 54.3 Å². The van der Waals surface area contributed by atoms with Crippen LogP contribution in [0.3, 0.4) is 0 Å². The minimum absolute atomic E-state index is 0.00617. The van der Waals surface area contributed by atoms with Crippen molar-refractivity contribution in [2.45, 2.75) is 111 Å². The van der Waals surface area contributed by atoms with Crippen LogP contribution in [0, 0.1) is 11.8 Å². The third-order valence-corrected chi connectivity index (χ3v) is 7.47. The van der Waals surface area contributed by atoms with Gasteiger partial charge in [0.1, 0.15) is 11.0 Å². The Morgan fingerprint density at radius 2 is 1.82 bits per heavy atom. The van der Waals surface area contributed by atoms with E-state index in [2.05, 4.69) is 5.32 Å². The fraction of sp³-hybridized carbons (Fsp3) is 0.815. The highest BCUT2D eigenvalue weighted by molar-refractivity contribution is 7.80. The Bertz CT molecular complexity index is 823. The van der Waals surface area contributed by atoms with Crippen molar-refractivity contribution in [1.82, 2.24) is 15.1 Å². The van der Waals surface area contributed by atoms with Crippen LogP contribution < -0.4 is 11.1 Å². The van der Waals surface area contributed by atoms with Crippen LogP contribution in [0.25, 0.3) is 0 Å². The van der Waals surface area contributed by atoms with Gasteiger partial charge >= 0.3 is 11.9 Å². The molecule has 0 aromatic heterocycles. The molecule has 1 unspecified atom stereocenters. The first kappa shape index (κ1) is 33.8. The lowest BCUT2D eigenvalue weighted by molar-refractivity contribution is -0.159. The van der Waals surface area contributed by atoms with Gasteiger partial charge in [-0.1, -0.05) is 59.7 Å². The number of thiocarbonyl (C=S) groups is 1. The van der Waals surface area contributed by atoms with Crippen LogP contribution in [0.1, 0.15) is 86.5 Å². The van der Waals surface area contributed by atoms with Crippen LogP contribution in [-0.4, -0.2) is 83.1 Å². The lowest BCUT2D eigenvalue weighted by Crippen LogP contribution is -2.59. The molecule has 0 radical (unpaired) electrons. The second-order valence-electron chi connectivity index (χ2n) is 10.6. The van der Waals surface area contributed by atoms with E-state index in [1.54, 1.807) is 0 Å². The molecule has 1 aliphatic rings. The van der Waals surface area contributed by atoms with Crippen LogP contribution in [0.4, 0.5) is 0 Å². The third-order valence-electron chi connectivity index (χ3n) is 7.20. The molecule has 3 N–H and O–H groups in total. The molecule has 38 heavy (non-hydrogen) atoms. The van der Waals surface area contributed by atoms with Gasteiger partial charge in [-0.3, -0.25) is 24.1 Å². The molecule has 0 aliphatic carbocycles. The summed E-state index contributed by atoms with van der Waals surface area (Å²) in [6.45, 7) is 11.4. The fourth-order valence-electron chi connectivity index (χ4n) is 4.66. The minimum Gasteiger partial charge on any atom is -0.455 e. The second-order valence-corrected chi connectivity index (χ2v) is 11.1. The number of likely N-dealkylation sites (tertiary alicyclic amines) is 1. The number of piperidine rings is 1. The zero-order valence-electron chi connectivity index (χ0n) is 24.2. The normalized spacial score (nSPS) is 19.1. The van der Waals surface area contributed by atoms with Gasteiger partial charge in [0.15, 0.2) is 12.8 Å². The number of carbonyl (C=O) groups excluding carboxylic acids is 4. The zero-order chi connectivity index (χ0) is 29.0. The number of hydrogen-bond donors (Lipinski definition) is 2. The molecule has 0 saturated carbocycles. The highest BCUT2D eigenvalue weighted by Gasteiger charge is 2.38. The standard InChI is InChI=1S/C27H48N4O6S/c1-8-12-23(33)36-16-31(21(17(3)4)15-22(25(28)38)37-19(6)32)27(35)24(18(5)9-2)29-26(34)20-13-10-11-14-30(20)7/h17-18,20-22,24H,8-16H2,1-7H3,(H2,28,38)(H,29,34)/t18-,20+,21+,22+,24?/m0/s1. The summed E-state index contributed by atoms with van der Waals surface area (Å²) in [6, 6.07) is -1.67. The van der Waals surface area contributed by atoms with E-state index in [1.807, 2.05) is 46.6 Å². The van der Waals surface area contributed by atoms with Crippen LogP contribution in [0.5, 0.6) is 0 Å². The molecule has 1 heterocycles. The topological polar surface area (TPSA) is 131 Å². The maximum atomic E-state index is 14.2. The predicted molar refractivity (Wildman–Crippen MR) is 150 cm³/mol. The van der Waals surface area contributed by atoms with Crippen molar-refractivity contribution in [2.75, 3.05) is 20.3 Å². The van der Waals surface area contributed by atoms with Crippen molar-refractivity contribution in [2.24, 2.45) is 17.6 Å². The molecule has 0 spiro atoms. The molecule has 5 atom stereocenters. The van der Waals surface area contributed by atoms with Crippen molar-refractivity contribution in [1.29, 1.82) is 0 Å². The summed E-state index contributed by atoms with van der Waals surface area (Å²) in [4.78, 5) is 54.9. The average molecular weight is 557 g/mol. The molecule has 1 saturated heterocycles. The number of nitrogens with zero attached hydrogens (tertiary/aromatic N) is 2. The summed E-state index contributed by atoms with van der Waals surface area (Å²) in [5, 5.41) is 3.01. The largest absolute Gasteiger partial charge is 0.455 e. The molecule has 0 bridgehead atoms. The molecule has 1 rings (SSSR count). The summed E-state index contributed by atoms with van der Waals surface area (Å²) in [5.74, 6) is -1.82. The van der Waals surface area contributed by atoms with E-state index < -0.39 is 30.1 Å². The Kier molecular flexibility index (Phi) is 14.8. The first-order valence-corrected chi connectivity index (χ1v) is 14.2. The summed E-state index contributed by atoms with van der Waals surface area (Å²) >= 11 is 5.14. The molecule has 218 valence electrons. The van der Waals surface area contributed by atoms with Gasteiger partial charge in [-0.2, -0.15) is 0 Å². The summed E-state index contributed by atoms with van der Waals surface area (Å²) < 4.78 is 10.8. The number of ether oxygens (including phenoxy) is 2. The molecule has 2 amide bonds. The van der Waals surface area contributed by atoms with E-state index in [9.17, 15) is 19.2 Å². The smallest absolute Gasteiger partial charge is 0.307 e. The Labute approximate surface area is 233 Å². The Morgan fingerprint density at radius 1 is 1.16 bits per heavy atom. The van der Waals surface area contributed by atoms with Gasteiger partial charge < -0.3 is 25.4 Å². The van der Waals surface area contributed by atoms with Crippen molar-refractivity contribution in [3.63, 3.8) is 0 Å². The average Bonchev–Trinajstić information content (AvgIpc) is 2.85. The van der Waals surface area contributed by atoms with Gasteiger partial charge in [0.25, 0.3) is 0 Å². The Balaban J connectivity index is 3.36. The monoisotopic (exact) mass is 556 g/mol. The summed E-state index contributed by atoms with van der Waals surface area (Å²) in [5.41, 5.74) is 5.87. The number of rotatable bonds is 15. The van der Waals surface area contributed by atoms with Crippen molar-refractivity contribution in [3.05, 3.63) is 0 Å². The Morgan fingerprint density at radius 3 is 2.32 bits per heavy atom. The highest BCUT2D eigenvalue weighted by atomic mass is 32.1. The second kappa shape index (κ2) is 16.6. The number of nitrogens with two attached hydrogens (primary N) is 1. The maximum Gasteiger partial charge on any atom is 0.307 e. The number of nitrogens with one attached hydrogen (secondary N) is 1. The lowest BCUT2D eigenvalue weighted by atomic mass is 9.92. The van der Waals surface area contributed by atoms with Crippen LogP contribution in [-0.2, 0) is 28.7 Å². The number of hydrogen-bond acceptors (Lipinski definition) is 8. The van der Waals surface area contributed by atoms with E-state index in [4.69, 9.17) is 27.4 Å². The fourth-order valence-corrected chi connectivity index (χ4v) is 4.80. The van der Waals surface area contributed by atoms with Gasteiger partial charge in [-0.25, -0.2) is 0 Å². The van der Waals surface area contributed by atoms with E-state index in [0.717, 1.165) is 25.8 Å². The SMILES string of the molecule is CCCC(=O)OCN(C(=O)C(NC(=O)[C@H]1CCCCN1C)[C@@H](C)CC)[C@H](C[C@@H](OC(C)=O)C(N)=S)C(C)C. The number of esters is 2. The summed E-state index contributed by atoms with van der Waals surface area (Å²) in [6.07, 6.45) is 3.43. The Hall–Kier alpha value is -2.27. The van der Waals surface area contributed by atoms with E-state index >= 15 is 0 Å². The maximum absolute atomic E-state index is 14.2. The van der Waals surface area contributed by atoms with E-state index in [0.29, 0.717) is 12.8 Å². The quantitative estimate of drug-likeness (QED) is 0.178. The third kappa shape index (κ3) is 10.5. The minimum atomic E-state index is -0.899. The van der Waals surface area contributed by atoms with Crippen molar-refractivity contribution < 1.29 is 28.7 Å².